The van der Waals surface area contributed by atoms with Crippen LogP contribution >= 0.6 is 0 Å². The summed E-state index contributed by atoms with van der Waals surface area (Å²) in [5.74, 6) is 1.25. The third kappa shape index (κ3) is 3.00. The average Bonchev–Trinajstić information content (AvgIpc) is 3.28. The fourth-order valence-electron chi connectivity index (χ4n) is 2.74. The Morgan fingerprint density at radius 3 is 2.75 bits per heavy atom. The first-order valence-corrected chi connectivity index (χ1v) is 7.85. The first kappa shape index (κ1) is 15.2. The molecule has 0 unspecified atom stereocenters. The van der Waals surface area contributed by atoms with Gasteiger partial charge in [-0.1, -0.05) is 6.07 Å². The topological polar surface area (TPSA) is 34.5 Å². The minimum Gasteiger partial charge on any atom is -0.491 e. The lowest BCUT2D eigenvalue weighted by Gasteiger charge is -2.10. The fraction of sp³-hybridized carbons (Fsp3) is 0.333. The maximum Gasteiger partial charge on any atom is 0.416 e. The van der Waals surface area contributed by atoms with Crippen LogP contribution in [0.2, 0.25) is 0 Å². The van der Waals surface area contributed by atoms with Gasteiger partial charge in [0.15, 0.2) is 0 Å². The van der Waals surface area contributed by atoms with Gasteiger partial charge in [0.25, 0.3) is 0 Å². The van der Waals surface area contributed by atoms with E-state index >= 15 is 0 Å². The van der Waals surface area contributed by atoms with Crippen LogP contribution in [0.1, 0.15) is 29.5 Å². The van der Waals surface area contributed by atoms with Gasteiger partial charge in [0, 0.05) is 18.2 Å². The van der Waals surface area contributed by atoms with E-state index in [9.17, 15) is 13.2 Å². The number of benzene rings is 1. The second-order valence-electron chi connectivity index (χ2n) is 6.20. The molecule has 24 heavy (non-hydrogen) atoms. The predicted molar refractivity (Wildman–Crippen MR) is 83.8 cm³/mol. The van der Waals surface area contributed by atoms with Crippen LogP contribution in [-0.4, -0.2) is 17.3 Å². The Labute approximate surface area is 137 Å². The molecular formula is C18H15F3N2O. The zero-order chi connectivity index (χ0) is 16.7. The van der Waals surface area contributed by atoms with Crippen molar-refractivity contribution in [1.82, 2.24) is 4.98 Å². The summed E-state index contributed by atoms with van der Waals surface area (Å²) in [6.07, 6.45) is 1.79. The molecule has 4 rings (SSSR count). The lowest BCUT2D eigenvalue weighted by atomic mass is 10.0. The molecule has 0 bridgehead atoms. The molecule has 0 radical (unpaired) electrons. The van der Waals surface area contributed by atoms with Gasteiger partial charge in [0.1, 0.15) is 5.75 Å². The number of hydrogen-bond donors (Lipinski definition) is 0. The minimum absolute atomic E-state index is 0.379. The van der Waals surface area contributed by atoms with Gasteiger partial charge in [0.2, 0.25) is 0 Å². The van der Waals surface area contributed by atoms with Crippen LogP contribution in [0, 0.1) is 5.92 Å². The molecule has 1 aliphatic heterocycles. The van der Waals surface area contributed by atoms with Crippen molar-refractivity contribution >= 4 is 11.4 Å². The summed E-state index contributed by atoms with van der Waals surface area (Å²) in [7, 11) is 0. The Morgan fingerprint density at radius 2 is 2.00 bits per heavy atom. The van der Waals surface area contributed by atoms with Crippen molar-refractivity contribution in [1.29, 1.82) is 0 Å². The smallest absolute Gasteiger partial charge is 0.416 e. The number of aromatic nitrogens is 1. The van der Waals surface area contributed by atoms with Gasteiger partial charge in [-0.2, -0.15) is 13.2 Å². The van der Waals surface area contributed by atoms with E-state index in [0.29, 0.717) is 30.4 Å². The largest absolute Gasteiger partial charge is 0.491 e. The summed E-state index contributed by atoms with van der Waals surface area (Å²) >= 11 is 0. The number of rotatable bonds is 4. The number of halogens is 3. The van der Waals surface area contributed by atoms with Gasteiger partial charge >= 0.3 is 6.18 Å². The Balaban J connectivity index is 1.63. The molecule has 1 aromatic heterocycles. The van der Waals surface area contributed by atoms with E-state index in [0.717, 1.165) is 29.0 Å². The highest BCUT2D eigenvalue weighted by Crippen LogP contribution is 2.37. The summed E-state index contributed by atoms with van der Waals surface area (Å²) in [4.78, 5) is 8.49. The number of fused-ring (bicyclic) bond motifs is 1. The van der Waals surface area contributed by atoms with Gasteiger partial charge in [-0.05, 0) is 42.5 Å². The Kier molecular flexibility index (Phi) is 3.55. The molecule has 6 heteroatoms. The highest BCUT2D eigenvalue weighted by Gasteiger charge is 2.32. The van der Waals surface area contributed by atoms with Gasteiger partial charge < -0.3 is 4.74 Å². The van der Waals surface area contributed by atoms with Crippen molar-refractivity contribution in [3.05, 3.63) is 53.3 Å². The zero-order valence-electron chi connectivity index (χ0n) is 12.8. The summed E-state index contributed by atoms with van der Waals surface area (Å²) in [5, 5.41) is 0. The number of hydrogen-bond acceptors (Lipinski definition) is 3. The first-order valence-electron chi connectivity index (χ1n) is 7.85. The van der Waals surface area contributed by atoms with Gasteiger partial charge in [-0.15, -0.1) is 0 Å². The van der Waals surface area contributed by atoms with Crippen LogP contribution in [0.3, 0.4) is 0 Å². The summed E-state index contributed by atoms with van der Waals surface area (Å²) in [6, 6.07) is 5.51. The van der Waals surface area contributed by atoms with E-state index < -0.39 is 11.7 Å². The van der Waals surface area contributed by atoms with Crippen LogP contribution in [0.4, 0.5) is 18.9 Å². The van der Waals surface area contributed by atoms with Gasteiger partial charge in [0.05, 0.1) is 29.8 Å². The van der Waals surface area contributed by atoms with Crippen molar-refractivity contribution in [2.24, 2.45) is 10.9 Å². The molecule has 3 nitrogen and oxygen atoms in total. The van der Waals surface area contributed by atoms with E-state index in [1.807, 2.05) is 0 Å². The summed E-state index contributed by atoms with van der Waals surface area (Å²) in [6.45, 7) is 0.650. The molecule has 0 atom stereocenters. The molecule has 2 aromatic rings. The summed E-state index contributed by atoms with van der Waals surface area (Å²) in [5.41, 5.74) is 2.02. The Morgan fingerprint density at radius 1 is 1.17 bits per heavy atom. The van der Waals surface area contributed by atoms with Crippen LogP contribution in [0.5, 0.6) is 5.75 Å². The van der Waals surface area contributed by atoms with E-state index in [-0.39, 0.29) is 0 Å². The number of alkyl halides is 3. The molecule has 1 aliphatic carbocycles. The van der Waals surface area contributed by atoms with Crippen molar-refractivity contribution < 1.29 is 17.9 Å². The normalized spacial score (nSPS) is 16.7. The predicted octanol–water partition coefficient (Wildman–Crippen LogP) is 4.57. The zero-order valence-corrected chi connectivity index (χ0v) is 12.8. The van der Waals surface area contributed by atoms with Gasteiger partial charge in [-0.25, -0.2) is 0 Å². The highest BCUT2D eigenvalue weighted by molar-refractivity contribution is 6.08. The number of ether oxygens (including phenoxy) is 1. The standard InChI is InChI=1S/C18H15F3N2O/c19-18(20,21)13-4-3-12-7-16(23-15(12)8-13)14-5-6-22-9-17(14)24-10-11-1-2-11/h3-6,8-9,11H,1-2,7,10H2. The number of nitrogens with zero attached hydrogens (tertiary/aromatic N) is 2. The highest BCUT2D eigenvalue weighted by atomic mass is 19.4. The molecule has 2 aliphatic rings. The second kappa shape index (κ2) is 5.61. The van der Waals surface area contributed by atoms with Crippen LogP contribution in [0.15, 0.2) is 41.7 Å². The van der Waals surface area contributed by atoms with Crippen LogP contribution in [0.25, 0.3) is 0 Å². The summed E-state index contributed by atoms with van der Waals surface area (Å²) < 4.78 is 44.4. The molecule has 0 N–H and O–H groups in total. The Bertz CT molecular complexity index is 810. The van der Waals surface area contributed by atoms with Crippen LogP contribution < -0.4 is 4.74 Å². The average molecular weight is 332 g/mol. The van der Waals surface area contributed by atoms with Crippen molar-refractivity contribution in [3.8, 4) is 5.75 Å². The number of pyridine rings is 1. The molecule has 1 saturated carbocycles. The maximum absolute atomic E-state index is 12.8. The lowest BCUT2D eigenvalue weighted by Crippen LogP contribution is -2.07. The van der Waals surface area contributed by atoms with E-state index in [2.05, 4.69) is 9.98 Å². The van der Waals surface area contributed by atoms with Crippen molar-refractivity contribution in [2.45, 2.75) is 25.4 Å². The Hall–Kier alpha value is -2.37. The van der Waals surface area contributed by atoms with Gasteiger partial charge in [-0.3, -0.25) is 9.98 Å². The van der Waals surface area contributed by atoms with Crippen LogP contribution in [-0.2, 0) is 12.6 Å². The monoisotopic (exact) mass is 332 g/mol. The van der Waals surface area contributed by atoms with E-state index in [1.165, 1.54) is 18.9 Å². The molecule has 1 fully saturated rings. The molecule has 1 aromatic carbocycles. The van der Waals surface area contributed by atoms with E-state index in [4.69, 9.17) is 4.74 Å². The fourth-order valence-corrected chi connectivity index (χ4v) is 2.74. The minimum atomic E-state index is -4.36. The molecule has 0 amide bonds. The first-order chi connectivity index (χ1) is 11.5. The maximum atomic E-state index is 12.8. The van der Waals surface area contributed by atoms with E-state index in [1.54, 1.807) is 18.5 Å². The third-order valence-corrected chi connectivity index (χ3v) is 4.29. The molecule has 0 saturated heterocycles. The van der Waals surface area contributed by atoms with Crippen molar-refractivity contribution in [3.63, 3.8) is 0 Å². The molecule has 124 valence electrons. The van der Waals surface area contributed by atoms with Crippen molar-refractivity contribution in [2.75, 3.05) is 6.61 Å². The number of aliphatic imine (C=N–C) groups is 1. The molecule has 2 heterocycles. The molecule has 0 spiro atoms. The lowest BCUT2D eigenvalue weighted by molar-refractivity contribution is -0.137. The molecular weight excluding hydrogens is 317 g/mol. The third-order valence-electron chi connectivity index (χ3n) is 4.29. The SMILES string of the molecule is FC(F)(F)c1ccc2c(c1)N=C(c1ccncc1OCC1CC1)C2. The second-order valence-corrected chi connectivity index (χ2v) is 6.20. The quantitative estimate of drug-likeness (QED) is 0.822.